The maximum atomic E-state index is 11.4. The summed E-state index contributed by atoms with van der Waals surface area (Å²) in [7, 11) is 0.200. The summed E-state index contributed by atoms with van der Waals surface area (Å²) in [6.45, 7) is 1.85. The molecule has 0 rings (SSSR count). The molecule has 0 amide bonds. The summed E-state index contributed by atoms with van der Waals surface area (Å²) in [6.07, 6.45) is 0.465. The Labute approximate surface area is 84.6 Å². The summed E-state index contributed by atoms with van der Waals surface area (Å²) in [4.78, 5) is 12.3. The van der Waals surface area contributed by atoms with E-state index in [4.69, 9.17) is 5.11 Å². The van der Waals surface area contributed by atoms with Crippen LogP contribution in [0.2, 0.25) is 0 Å². The molecule has 0 saturated heterocycles. The van der Waals surface area contributed by atoms with Crippen molar-refractivity contribution in [2.45, 2.75) is 18.6 Å². The standard InChI is InChI=1S/C8H17NO4S/c1-7(8(10)11)14(12,13)6-4-5-9(2)3/h7H,4-6H2,1-3H3,(H,10,11). The highest BCUT2D eigenvalue weighted by molar-refractivity contribution is 7.92. The molecule has 1 atom stereocenters. The Morgan fingerprint density at radius 1 is 1.43 bits per heavy atom. The minimum absolute atomic E-state index is 0.0708. The lowest BCUT2D eigenvalue weighted by Crippen LogP contribution is -2.30. The van der Waals surface area contributed by atoms with Crippen molar-refractivity contribution in [2.75, 3.05) is 26.4 Å². The molecule has 0 aromatic carbocycles. The Bertz CT molecular complexity index is 284. The second-order valence-electron chi connectivity index (χ2n) is 3.50. The Kier molecular flexibility index (Phi) is 5.07. The number of carboxylic acids is 1. The summed E-state index contributed by atoms with van der Waals surface area (Å²) in [6, 6.07) is 0. The van der Waals surface area contributed by atoms with Gasteiger partial charge in [-0.05, 0) is 34.0 Å². The number of carboxylic acid groups (broad SMARTS) is 1. The van der Waals surface area contributed by atoms with Crippen LogP contribution in [0, 0.1) is 0 Å². The maximum Gasteiger partial charge on any atom is 0.321 e. The topological polar surface area (TPSA) is 74.7 Å². The Morgan fingerprint density at radius 3 is 2.29 bits per heavy atom. The third-order valence-corrected chi connectivity index (χ3v) is 4.06. The lowest BCUT2D eigenvalue weighted by atomic mass is 10.5. The van der Waals surface area contributed by atoms with E-state index in [1.807, 2.05) is 19.0 Å². The highest BCUT2D eigenvalue weighted by Crippen LogP contribution is 2.04. The number of hydrogen-bond acceptors (Lipinski definition) is 4. The van der Waals surface area contributed by atoms with Crippen molar-refractivity contribution >= 4 is 15.8 Å². The number of rotatable bonds is 6. The molecule has 6 heteroatoms. The first-order valence-corrected chi connectivity index (χ1v) is 6.08. The molecule has 14 heavy (non-hydrogen) atoms. The van der Waals surface area contributed by atoms with E-state index in [0.717, 1.165) is 0 Å². The molecule has 0 heterocycles. The Balaban J connectivity index is 4.16. The van der Waals surface area contributed by atoms with E-state index in [2.05, 4.69) is 0 Å². The van der Waals surface area contributed by atoms with E-state index in [9.17, 15) is 13.2 Å². The first-order valence-electron chi connectivity index (χ1n) is 4.36. The molecule has 0 aliphatic heterocycles. The fraction of sp³-hybridized carbons (Fsp3) is 0.875. The number of hydrogen-bond donors (Lipinski definition) is 1. The Morgan fingerprint density at radius 2 is 1.93 bits per heavy atom. The molecule has 0 aromatic rings. The SMILES string of the molecule is CC(C(=O)O)S(=O)(=O)CCCN(C)C. The van der Waals surface area contributed by atoms with Crippen molar-refractivity contribution in [3.05, 3.63) is 0 Å². The molecule has 84 valence electrons. The van der Waals surface area contributed by atoms with E-state index in [1.54, 1.807) is 0 Å². The first kappa shape index (κ1) is 13.4. The normalized spacial score (nSPS) is 14.3. The van der Waals surface area contributed by atoms with Gasteiger partial charge in [-0.2, -0.15) is 0 Å². The van der Waals surface area contributed by atoms with E-state index in [0.29, 0.717) is 13.0 Å². The van der Waals surface area contributed by atoms with Gasteiger partial charge in [-0.25, -0.2) is 8.42 Å². The van der Waals surface area contributed by atoms with Gasteiger partial charge in [0.15, 0.2) is 15.1 Å². The van der Waals surface area contributed by atoms with Crippen molar-refractivity contribution < 1.29 is 18.3 Å². The Hall–Kier alpha value is -0.620. The van der Waals surface area contributed by atoms with Crippen molar-refractivity contribution in [1.29, 1.82) is 0 Å². The summed E-state index contributed by atoms with van der Waals surface area (Å²) >= 11 is 0. The van der Waals surface area contributed by atoms with Crippen LogP contribution in [0.3, 0.4) is 0 Å². The minimum atomic E-state index is -3.48. The quantitative estimate of drug-likeness (QED) is 0.676. The molecule has 0 radical (unpaired) electrons. The molecular formula is C8H17NO4S. The van der Waals surface area contributed by atoms with Crippen LogP contribution in [0.5, 0.6) is 0 Å². The summed E-state index contributed by atoms with van der Waals surface area (Å²) in [5.41, 5.74) is 0. The number of sulfone groups is 1. The zero-order chi connectivity index (χ0) is 11.4. The largest absolute Gasteiger partial charge is 0.480 e. The van der Waals surface area contributed by atoms with Crippen LogP contribution in [0.25, 0.3) is 0 Å². The molecule has 0 saturated carbocycles. The summed E-state index contributed by atoms with van der Waals surface area (Å²) < 4.78 is 22.7. The van der Waals surface area contributed by atoms with E-state index >= 15 is 0 Å². The van der Waals surface area contributed by atoms with Gasteiger partial charge in [0.2, 0.25) is 0 Å². The third-order valence-electron chi connectivity index (χ3n) is 1.92. The predicted octanol–water partition coefficient (Wildman–Crippen LogP) is -0.174. The van der Waals surface area contributed by atoms with Crippen molar-refractivity contribution in [3.63, 3.8) is 0 Å². The highest BCUT2D eigenvalue weighted by Gasteiger charge is 2.26. The van der Waals surface area contributed by atoms with Gasteiger partial charge in [0.05, 0.1) is 5.75 Å². The number of aliphatic carboxylic acids is 1. The van der Waals surface area contributed by atoms with Crippen LogP contribution >= 0.6 is 0 Å². The van der Waals surface area contributed by atoms with Gasteiger partial charge in [-0.15, -0.1) is 0 Å². The van der Waals surface area contributed by atoms with Crippen molar-refractivity contribution in [2.24, 2.45) is 0 Å². The van der Waals surface area contributed by atoms with Crippen molar-refractivity contribution in [1.82, 2.24) is 4.90 Å². The maximum absolute atomic E-state index is 11.4. The van der Waals surface area contributed by atoms with Gasteiger partial charge in [0.25, 0.3) is 0 Å². The monoisotopic (exact) mass is 223 g/mol. The third kappa shape index (κ3) is 4.57. The predicted molar refractivity (Wildman–Crippen MR) is 54.1 cm³/mol. The molecular weight excluding hydrogens is 206 g/mol. The van der Waals surface area contributed by atoms with E-state index < -0.39 is 21.1 Å². The average Bonchev–Trinajstić information content (AvgIpc) is 2.01. The molecule has 0 aliphatic carbocycles. The second-order valence-corrected chi connectivity index (χ2v) is 5.95. The van der Waals surface area contributed by atoms with Gasteiger partial charge >= 0.3 is 5.97 Å². The fourth-order valence-corrected chi connectivity index (χ4v) is 2.10. The lowest BCUT2D eigenvalue weighted by Gasteiger charge is -2.11. The number of nitrogens with zero attached hydrogens (tertiary/aromatic N) is 1. The van der Waals surface area contributed by atoms with Gasteiger partial charge in [-0.3, -0.25) is 4.79 Å². The van der Waals surface area contributed by atoms with Crippen LogP contribution < -0.4 is 0 Å². The van der Waals surface area contributed by atoms with Crippen molar-refractivity contribution in [3.8, 4) is 0 Å². The van der Waals surface area contributed by atoms with Gasteiger partial charge in [0.1, 0.15) is 0 Å². The first-order chi connectivity index (χ1) is 6.27. The smallest absolute Gasteiger partial charge is 0.321 e. The molecule has 0 fully saturated rings. The molecule has 5 nitrogen and oxygen atoms in total. The zero-order valence-electron chi connectivity index (χ0n) is 8.73. The summed E-state index contributed by atoms with van der Waals surface area (Å²) in [5.74, 6) is -1.35. The van der Waals surface area contributed by atoms with Crippen LogP contribution in [-0.2, 0) is 14.6 Å². The minimum Gasteiger partial charge on any atom is -0.480 e. The van der Waals surface area contributed by atoms with E-state index in [1.165, 1.54) is 6.92 Å². The van der Waals surface area contributed by atoms with E-state index in [-0.39, 0.29) is 5.75 Å². The molecule has 0 aromatic heterocycles. The second kappa shape index (κ2) is 5.31. The molecule has 0 spiro atoms. The molecule has 0 bridgehead atoms. The van der Waals surface area contributed by atoms with Gasteiger partial charge in [0, 0.05) is 0 Å². The average molecular weight is 223 g/mol. The van der Waals surface area contributed by atoms with Crippen LogP contribution in [0.1, 0.15) is 13.3 Å². The van der Waals surface area contributed by atoms with Crippen LogP contribution in [-0.4, -0.2) is 56.0 Å². The fourth-order valence-electron chi connectivity index (χ4n) is 0.912. The van der Waals surface area contributed by atoms with Gasteiger partial charge in [-0.1, -0.05) is 0 Å². The van der Waals surface area contributed by atoms with Crippen LogP contribution in [0.4, 0.5) is 0 Å². The lowest BCUT2D eigenvalue weighted by molar-refractivity contribution is -0.136. The van der Waals surface area contributed by atoms with Gasteiger partial charge < -0.3 is 10.0 Å². The summed E-state index contributed by atoms with van der Waals surface area (Å²) in [5, 5.41) is 7.24. The molecule has 0 aliphatic rings. The highest BCUT2D eigenvalue weighted by atomic mass is 32.2. The molecule has 1 unspecified atom stereocenters. The number of carbonyl (C=O) groups is 1. The zero-order valence-corrected chi connectivity index (χ0v) is 9.54. The van der Waals surface area contributed by atoms with Crippen LogP contribution in [0.15, 0.2) is 0 Å². The molecule has 1 N–H and O–H groups in total.